The van der Waals surface area contributed by atoms with Gasteiger partial charge in [0.2, 0.25) is 5.91 Å². The number of carbonyl (C=O) groups is 1. The number of hydrogen-bond acceptors (Lipinski definition) is 3. The molecule has 5 nitrogen and oxygen atoms in total. The third-order valence-electron chi connectivity index (χ3n) is 5.54. The normalized spacial score (nSPS) is 30.7. The second-order valence-corrected chi connectivity index (χ2v) is 7.19. The van der Waals surface area contributed by atoms with Gasteiger partial charge in [-0.2, -0.15) is 5.10 Å². The number of nitrogens with one attached hydrogen (secondary N) is 2. The van der Waals surface area contributed by atoms with E-state index in [0.29, 0.717) is 23.7 Å². The van der Waals surface area contributed by atoms with E-state index in [-0.39, 0.29) is 17.7 Å². The average Bonchev–Trinajstić information content (AvgIpc) is 3.06. The van der Waals surface area contributed by atoms with Crippen molar-refractivity contribution in [3.8, 4) is 11.4 Å². The van der Waals surface area contributed by atoms with Crippen molar-refractivity contribution in [2.75, 3.05) is 0 Å². The second-order valence-electron chi connectivity index (χ2n) is 7.19. The van der Waals surface area contributed by atoms with Crippen LogP contribution in [0.4, 0.5) is 0 Å². The fraction of sp³-hybridized carbons (Fsp3) is 0.421. The van der Waals surface area contributed by atoms with Crippen LogP contribution in [0.1, 0.15) is 31.0 Å². The summed E-state index contributed by atoms with van der Waals surface area (Å²) in [7, 11) is 0. The van der Waals surface area contributed by atoms with Gasteiger partial charge < -0.3 is 5.32 Å². The molecule has 2 bridgehead atoms. The minimum Gasteiger partial charge on any atom is -0.353 e. The van der Waals surface area contributed by atoms with Gasteiger partial charge in [0.1, 0.15) is 5.82 Å². The van der Waals surface area contributed by atoms with Gasteiger partial charge in [0.05, 0.1) is 5.92 Å². The summed E-state index contributed by atoms with van der Waals surface area (Å²) in [6, 6.07) is 10.4. The van der Waals surface area contributed by atoms with Crippen LogP contribution < -0.4 is 5.32 Å². The van der Waals surface area contributed by atoms with Crippen molar-refractivity contribution in [2.24, 2.45) is 17.8 Å². The number of carbonyl (C=O) groups excluding carboxylic acids is 1. The first-order valence-electron chi connectivity index (χ1n) is 8.76. The van der Waals surface area contributed by atoms with Crippen LogP contribution in [0.2, 0.25) is 0 Å². The summed E-state index contributed by atoms with van der Waals surface area (Å²) >= 11 is 0. The number of benzene rings is 1. The fourth-order valence-corrected chi connectivity index (χ4v) is 4.22. The molecular weight excluding hydrogens is 300 g/mol. The molecule has 5 heteroatoms. The quantitative estimate of drug-likeness (QED) is 0.851. The molecule has 1 aromatic heterocycles. The van der Waals surface area contributed by atoms with E-state index in [9.17, 15) is 4.79 Å². The minimum absolute atomic E-state index is 0.0165. The van der Waals surface area contributed by atoms with Gasteiger partial charge in [-0.05, 0) is 31.1 Å². The minimum atomic E-state index is -0.0165. The maximum Gasteiger partial charge on any atom is 0.224 e. The van der Waals surface area contributed by atoms with Gasteiger partial charge in [-0.25, -0.2) is 4.98 Å². The SMILES string of the molecule is O=C(NC1CC1)[C@@H]1[C@@H](c2nc(-c3ccccc3)n[nH]2)[C@H]2C=C[C@@H]1C2. The van der Waals surface area contributed by atoms with Crippen LogP contribution in [0, 0.1) is 17.8 Å². The number of aromatic nitrogens is 3. The molecule has 0 unspecified atom stereocenters. The molecule has 2 saturated carbocycles. The molecule has 0 spiro atoms. The molecule has 3 aliphatic rings. The molecule has 4 atom stereocenters. The predicted octanol–water partition coefficient (Wildman–Crippen LogP) is 2.66. The van der Waals surface area contributed by atoms with E-state index >= 15 is 0 Å². The molecule has 2 fully saturated rings. The molecule has 5 rings (SSSR count). The molecule has 0 radical (unpaired) electrons. The van der Waals surface area contributed by atoms with Crippen molar-refractivity contribution in [3.05, 3.63) is 48.3 Å². The van der Waals surface area contributed by atoms with E-state index < -0.39 is 0 Å². The molecule has 0 saturated heterocycles. The number of aromatic amines is 1. The maximum absolute atomic E-state index is 12.7. The van der Waals surface area contributed by atoms with Crippen molar-refractivity contribution >= 4 is 5.91 Å². The summed E-state index contributed by atoms with van der Waals surface area (Å²) < 4.78 is 0. The topological polar surface area (TPSA) is 70.7 Å². The van der Waals surface area contributed by atoms with Crippen LogP contribution in [-0.4, -0.2) is 27.1 Å². The Bertz CT molecular complexity index is 793. The summed E-state index contributed by atoms with van der Waals surface area (Å²) in [4.78, 5) is 17.5. The van der Waals surface area contributed by atoms with E-state index in [1.807, 2.05) is 30.3 Å². The summed E-state index contributed by atoms with van der Waals surface area (Å²) in [5, 5.41) is 10.7. The van der Waals surface area contributed by atoms with Crippen molar-refractivity contribution < 1.29 is 4.79 Å². The summed E-state index contributed by atoms with van der Waals surface area (Å²) in [5.74, 6) is 2.57. The van der Waals surface area contributed by atoms with Crippen LogP contribution in [0.3, 0.4) is 0 Å². The number of H-pyrrole nitrogens is 1. The average molecular weight is 320 g/mol. The lowest BCUT2D eigenvalue weighted by Gasteiger charge is -2.25. The van der Waals surface area contributed by atoms with Crippen molar-refractivity contribution in [3.63, 3.8) is 0 Å². The zero-order valence-electron chi connectivity index (χ0n) is 13.4. The molecule has 2 aromatic rings. The molecule has 122 valence electrons. The summed E-state index contributed by atoms with van der Waals surface area (Å²) in [6.45, 7) is 0. The molecule has 1 heterocycles. The Hall–Kier alpha value is -2.43. The Balaban J connectivity index is 1.45. The maximum atomic E-state index is 12.7. The number of nitrogens with zero attached hydrogens (tertiary/aromatic N) is 2. The van der Waals surface area contributed by atoms with Crippen molar-refractivity contribution in [1.29, 1.82) is 0 Å². The van der Waals surface area contributed by atoms with Crippen LogP contribution in [0.5, 0.6) is 0 Å². The molecule has 1 amide bonds. The van der Waals surface area contributed by atoms with Gasteiger partial charge in [0, 0.05) is 17.5 Å². The third kappa shape index (κ3) is 2.27. The van der Waals surface area contributed by atoms with Crippen LogP contribution in [0.15, 0.2) is 42.5 Å². The highest BCUT2D eigenvalue weighted by Gasteiger charge is 2.50. The lowest BCUT2D eigenvalue weighted by molar-refractivity contribution is -0.126. The van der Waals surface area contributed by atoms with Crippen molar-refractivity contribution in [2.45, 2.75) is 31.2 Å². The lowest BCUT2D eigenvalue weighted by atomic mass is 9.82. The van der Waals surface area contributed by atoms with E-state index in [1.54, 1.807) is 0 Å². The number of fused-ring (bicyclic) bond motifs is 2. The molecule has 1 aromatic carbocycles. The Labute approximate surface area is 140 Å². The highest BCUT2D eigenvalue weighted by Crippen LogP contribution is 2.52. The number of hydrogen-bond donors (Lipinski definition) is 2. The smallest absolute Gasteiger partial charge is 0.224 e. The fourth-order valence-electron chi connectivity index (χ4n) is 4.22. The van der Waals surface area contributed by atoms with Gasteiger partial charge in [0.25, 0.3) is 0 Å². The largest absolute Gasteiger partial charge is 0.353 e. The van der Waals surface area contributed by atoms with Gasteiger partial charge >= 0.3 is 0 Å². The van der Waals surface area contributed by atoms with E-state index in [1.165, 1.54) is 0 Å². The first-order chi connectivity index (χ1) is 11.8. The van der Waals surface area contributed by atoms with Crippen LogP contribution in [-0.2, 0) is 4.79 Å². The van der Waals surface area contributed by atoms with E-state index in [2.05, 4.69) is 27.7 Å². The monoisotopic (exact) mass is 320 g/mol. The molecular formula is C19H20N4O. The first kappa shape index (κ1) is 14.0. The zero-order chi connectivity index (χ0) is 16.1. The zero-order valence-corrected chi connectivity index (χ0v) is 13.4. The first-order valence-corrected chi connectivity index (χ1v) is 8.76. The Morgan fingerprint density at radius 3 is 2.71 bits per heavy atom. The predicted molar refractivity (Wildman–Crippen MR) is 90.0 cm³/mol. The highest BCUT2D eigenvalue weighted by atomic mass is 16.2. The summed E-state index contributed by atoms with van der Waals surface area (Å²) in [5.41, 5.74) is 0.998. The van der Waals surface area contributed by atoms with Crippen LogP contribution in [0.25, 0.3) is 11.4 Å². The summed E-state index contributed by atoms with van der Waals surface area (Å²) in [6.07, 6.45) is 7.75. The van der Waals surface area contributed by atoms with Gasteiger partial charge in [-0.1, -0.05) is 42.5 Å². The Morgan fingerprint density at radius 2 is 1.92 bits per heavy atom. The Morgan fingerprint density at radius 1 is 1.12 bits per heavy atom. The third-order valence-corrected chi connectivity index (χ3v) is 5.54. The number of rotatable bonds is 4. The van der Waals surface area contributed by atoms with E-state index in [4.69, 9.17) is 4.98 Å². The molecule has 0 aliphatic heterocycles. The Kier molecular flexibility index (Phi) is 3.08. The molecule has 24 heavy (non-hydrogen) atoms. The van der Waals surface area contributed by atoms with Crippen LogP contribution >= 0.6 is 0 Å². The second kappa shape index (κ2) is 5.30. The molecule has 2 N–H and O–H groups in total. The van der Waals surface area contributed by atoms with Gasteiger partial charge in [-0.15, -0.1) is 0 Å². The van der Waals surface area contributed by atoms with Gasteiger partial charge in [-0.3, -0.25) is 9.89 Å². The highest BCUT2D eigenvalue weighted by molar-refractivity contribution is 5.81. The van der Waals surface area contributed by atoms with E-state index in [0.717, 1.165) is 30.7 Å². The van der Waals surface area contributed by atoms with Crippen molar-refractivity contribution in [1.82, 2.24) is 20.5 Å². The van der Waals surface area contributed by atoms with Gasteiger partial charge in [0.15, 0.2) is 5.82 Å². The number of allylic oxidation sites excluding steroid dienone is 2. The lowest BCUT2D eigenvalue weighted by Crippen LogP contribution is -2.37. The standard InChI is InChI=1S/C19H20N4O/c24-19(20-14-8-9-14)16-13-7-6-12(10-13)15(16)18-21-17(22-23-18)11-4-2-1-3-5-11/h1-7,12-16H,8-10H2,(H,20,24)(H,21,22,23)/t12-,13+,15-,16-/m0/s1. The molecule has 3 aliphatic carbocycles. The number of amides is 1.